The highest BCUT2D eigenvalue weighted by atomic mass is 16.1. The lowest BCUT2D eigenvalue weighted by atomic mass is 10.1. The van der Waals surface area contributed by atoms with Gasteiger partial charge in [0.1, 0.15) is 0 Å². The quantitative estimate of drug-likeness (QED) is 0.793. The van der Waals surface area contributed by atoms with Crippen molar-refractivity contribution in [3.05, 3.63) is 29.3 Å². The highest BCUT2D eigenvalue weighted by Gasteiger charge is 2.17. The van der Waals surface area contributed by atoms with Gasteiger partial charge < -0.3 is 10.2 Å². The smallest absolute Gasteiger partial charge is 0.228 e. The fraction of sp³-hybridized carbons (Fsp3) is 0.467. The van der Waals surface area contributed by atoms with Gasteiger partial charge in [-0.3, -0.25) is 4.79 Å². The van der Waals surface area contributed by atoms with E-state index < -0.39 is 0 Å². The SMILES string of the molecule is CN(CCCC#N)CCc1ccc2c(c1)CC(=O)N2. The number of carbonyl (C=O) groups excluding carboxylic acids is 1. The van der Waals surface area contributed by atoms with Crippen molar-refractivity contribution < 1.29 is 4.79 Å². The minimum Gasteiger partial charge on any atom is -0.326 e. The number of nitriles is 1. The Balaban J connectivity index is 1.82. The molecule has 1 N–H and O–H groups in total. The molecule has 4 heteroatoms. The Morgan fingerprint density at radius 2 is 2.26 bits per heavy atom. The van der Waals surface area contributed by atoms with E-state index in [1.165, 1.54) is 5.56 Å². The predicted molar refractivity (Wildman–Crippen MR) is 74.8 cm³/mol. The van der Waals surface area contributed by atoms with Gasteiger partial charge in [-0.1, -0.05) is 12.1 Å². The van der Waals surface area contributed by atoms with E-state index in [2.05, 4.69) is 35.5 Å². The monoisotopic (exact) mass is 257 g/mol. The fourth-order valence-electron chi connectivity index (χ4n) is 2.30. The van der Waals surface area contributed by atoms with Crippen LogP contribution < -0.4 is 5.32 Å². The van der Waals surface area contributed by atoms with Crippen molar-refractivity contribution in [2.45, 2.75) is 25.7 Å². The number of nitrogens with zero attached hydrogens (tertiary/aromatic N) is 2. The van der Waals surface area contributed by atoms with Crippen LogP contribution in [0.15, 0.2) is 18.2 Å². The second kappa shape index (κ2) is 6.35. The average Bonchev–Trinajstić information content (AvgIpc) is 2.76. The van der Waals surface area contributed by atoms with Crippen LogP contribution >= 0.6 is 0 Å². The predicted octanol–water partition coefficient (Wildman–Crippen LogP) is 1.96. The van der Waals surface area contributed by atoms with E-state index >= 15 is 0 Å². The van der Waals surface area contributed by atoms with Gasteiger partial charge in [0.25, 0.3) is 0 Å². The molecular formula is C15H19N3O. The van der Waals surface area contributed by atoms with Gasteiger partial charge in [0.2, 0.25) is 5.91 Å². The van der Waals surface area contributed by atoms with Crippen molar-refractivity contribution >= 4 is 11.6 Å². The summed E-state index contributed by atoms with van der Waals surface area (Å²) in [5.41, 5.74) is 3.33. The van der Waals surface area contributed by atoms with E-state index in [-0.39, 0.29) is 5.91 Å². The molecule has 0 atom stereocenters. The van der Waals surface area contributed by atoms with Crippen molar-refractivity contribution in [1.29, 1.82) is 5.26 Å². The molecule has 0 spiro atoms. The number of carbonyl (C=O) groups is 1. The van der Waals surface area contributed by atoms with Crippen LogP contribution in [-0.4, -0.2) is 30.9 Å². The molecule has 1 aromatic rings. The van der Waals surface area contributed by atoms with Gasteiger partial charge in [-0.05, 0) is 43.6 Å². The van der Waals surface area contributed by atoms with Crippen molar-refractivity contribution in [2.75, 3.05) is 25.5 Å². The zero-order valence-corrected chi connectivity index (χ0v) is 11.3. The molecule has 1 aromatic carbocycles. The molecule has 0 fully saturated rings. The standard InChI is InChI=1S/C15H19N3O/c1-18(8-3-2-7-16)9-6-12-4-5-14-13(10-12)11-15(19)17-14/h4-5,10H,2-3,6,8-9,11H2,1H3,(H,17,19). The molecule has 0 aromatic heterocycles. The van der Waals surface area contributed by atoms with Crippen LogP contribution in [0.5, 0.6) is 0 Å². The van der Waals surface area contributed by atoms with E-state index in [0.717, 1.165) is 37.2 Å². The Morgan fingerprint density at radius 3 is 3.05 bits per heavy atom. The Morgan fingerprint density at radius 1 is 1.42 bits per heavy atom. The number of amides is 1. The summed E-state index contributed by atoms with van der Waals surface area (Å²) in [6, 6.07) is 8.35. The first-order valence-electron chi connectivity index (χ1n) is 6.66. The summed E-state index contributed by atoms with van der Waals surface area (Å²) in [6.07, 6.45) is 3.03. The molecule has 2 rings (SSSR count). The average molecular weight is 257 g/mol. The van der Waals surface area contributed by atoms with Gasteiger partial charge >= 0.3 is 0 Å². The molecule has 1 amide bonds. The minimum absolute atomic E-state index is 0.0840. The van der Waals surface area contributed by atoms with Gasteiger partial charge in [-0.2, -0.15) is 5.26 Å². The van der Waals surface area contributed by atoms with Crippen molar-refractivity contribution in [3.8, 4) is 6.07 Å². The third-order valence-electron chi connectivity index (χ3n) is 3.41. The van der Waals surface area contributed by atoms with Crippen molar-refractivity contribution in [2.24, 2.45) is 0 Å². The Bertz CT molecular complexity index is 505. The first kappa shape index (κ1) is 13.6. The van der Waals surface area contributed by atoms with Gasteiger partial charge in [0.05, 0.1) is 12.5 Å². The molecule has 0 saturated heterocycles. The largest absolute Gasteiger partial charge is 0.326 e. The van der Waals surface area contributed by atoms with Crippen LogP contribution in [0.1, 0.15) is 24.0 Å². The van der Waals surface area contributed by atoms with Gasteiger partial charge in [0.15, 0.2) is 0 Å². The van der Waals surface area contributed by atoms with E-state index in [9.17, 15) is 4.79 Å². The molecule has 0 unspecified atom stereocenters. The van der Waals surface area contributed by atoms with Crippen molar-refractivity contribution in [1.82, 2.24) is 4.90 Å². The summed E-state index contributed by atoms with van der Waals surface area (Å²) in [5, 5.41) is 11.3. The maximum Gasteiger partial charge on any atom is 0.228 e. The maximum atomic E-state index is 11.3. The van der Waals surface area contributed by atoms with Crippen molar-refractivity contribution in [3.63, 3.8) is 0 Å². The lowest BCUT2D eigenvalue weighted by molar-refractivity contribution is -0.115. The molecule has 1 heterocycles. The first-order chi connectivity index (χ1) is 9.19. The number of nitrogens with one attached hydrogen (secondary N) is 1. The third kappa shape index (κ3) is 3.80. The van der Waals surface area contributed by atoms with Crippen LogP contribution in [0.2, 0.25) is 0 Å². The summed E-state index contributed by atoms with van der Waals surface area (Å²) in [5.74, 6) is 0.0840. The molecule has 1 aliphatic rings. The number of rotatable bonds is 6. The van der Waals surface area contributed by atoms with E-state index in [1.807, 2.05) is 6.07 Å². The summed E-state index contributed by atoms with van der Waals surface area (Å²) in [7, 11) is 2.08. The van der Waals surface area contributed by atoms with Crippen LogP contribution in [0.4, 0.5) is 5.69 Å². The molecule has 0 bridgehead atoms. The maximum absolute atomic E-state index is 11.3. The number of unbranched alkanes of at least 4 members (excludes halogenated alkanes) is 1. The molecule has 100 valence electrons. The number of benzene rings is 1. The molecule has 0 saturated carbocycles. The van der Waals surface area contributed by atoms with Crippen LogP contribution in [-0.2, 0) is 17.6 Å². The highest BCUT2D eigenvalue weighted by Crippen LogP contribution is 2.23. The zero-order chi connectivity index (χ0) is 13.7. The van der Waals surface area contributed by atoms with Crippen LogP contribution in [0, 0.1) is 11.3 Å². The number of anilines is 1. The Kier molecular flexibility index (Phi) is 4.53. The third-order valence-corrected chi connectivity index (χ3v) is 3.41. The van der Waals surface area contributed by atoms with Crippen LogP contribution in [0.3, 0.4) is 0 Å². The summed E-state index contributed by atoms with van der Waals surface area (Å²) in [4.78, 5) is 13.5. The van der Waals surface area contributed by atoms with Crippen LogP contribution in [0.25, 0.3) is 0 Å². The summed E-state index contributed by atoms with van der Waals surface area (Å²) < 4.78 is 0. The van der Waals surface area contributed by atoms with E-state index in [4.69, 9.17) is 5.26 Å². The normalized spacial score (nSPS) is 13.2. The first-order valence-corrected chi connectivity index (χ1v) is 6.66. The minimum atomic E-state index is 0.0840. The molecule has 19 heavy (non-hydrogen) atoms. The van der Waals surface area contributed by atoms with Gasteiger partial charge in [-0.15, -0.1) is 0 Å². The fourth-order valence-corrected chi connectivity index (χ4v) is 2.30. The molecular weight excluding hydrogens is 238 g/mol. The molecule has 1 aliphatic heterocycles. The van der Waals surface area contributed by atoms with Gasteiger partial charge in [0, 0.05) is 18.7 Å². The Labute approximate surface area is 114 Å². The number of likely N-dealkylation sites (N-methyl/N-ethyl adjacent to an activating group) is 1. The highest BCUT2D eigenvalue weighted by molar-refractivity contribution is 5.99. The zero-order valence-electron chi connectivity index (χ0n) is 11.3. The van der Waals surface area contributed by atoms with E-state index in [0.29, 0.717) is 12.8 Å². The number of fused-ring (bicyclic) bond motifs is 1. The molecule has 0 radical (unpaired) electrons. The molecule has 4 nitrogen and oxygen atoms in total. The number of hydrogen-bond acceptors (Lipinski definition) is 3. The lowest BCUT2D eigenvalue weighted by Crippen LogP contribution is -2.22. The summed E-state index contributed by atoms with van der Waals surface area (Å²) in [6.45, 7) is 1.93. The topological polar surface area (TPSA) is 56.1 Å². The molecule has 0 aliphatic carbocycles. The second-order valence-electron chi connectivity index (χ2n) is 5.03. The summed E-state index contributed by atoms with van der Waals surface area (Å²) >= 11 is 0. The lowest BCUT2D eigenvalue weighted by Gasteiger charge is -2.15. The Hall–Kier alpha value is -1.86. The number of hydrogen-bond donors (Lipinski definition) is 1. The van der Waals surface area contributed by atoms with E-state index in [1.54, 1.807) is 0 Å². The van der Waals surface area contributed by atoms with Gasteiger partial charge in [-0.25, -0.2) is 0 Å². The second-order valence-corrected chi connectivity index (χ2v) is 5.03.